The number of nitrogens with one attached hydrogen (secondary N) is 2. The van der Waals surface area contributed by atoms with Crippen molar-refractivity contribution in [3.05, 3.63) is 0 Å². The highest BCUT2D eigenvalue weighted by molar-refractivity contribution is 7.90. The van der Waals surface area contributed by atoms with Crippen LogP contribution in [0.2, 0.25) is 0 Å². The zero-order chi connectivity index (χ0) is 12.2. The molecule has 0 spiro atoms. The van der Waals surface area contributed by atoms with Gasteiger partial charge in [0.05, 0.1) is 0 Å². The lowest BCUT2D eigenvalue weighted by atomic mass is 10.2. The third-order valence-electron chi connectivity index (χ3n) is 2.77. The Kier molecular flexibility index (Phi) is 4.69. The summed E-state index contributed by atoms with van der Waals surface area (Å²) in [5, 5.41) is 10.4. The first-order valence-corrected chi connectivity index (χ1v) is 6.93. The Morgan fingerprint density at radius 3 is 2.81 bits per heavy atom. The highest BCUT2D eigenvalue weighted by Crippen LogP contribution is 2.08. The van der Waals surface area contributed by atoms with Gasteiger partial charge in [0.1, 0.15) is 0 Å². The number of carbonyl (C=O) groups is 1. The Hall–Kier alpha value is -0.660. The third-order valence-corrected chi connectivity index (χ3v) is 4.51. The average Bonchev–Trinajstić information content (AvgIpc) is 2.69. The van der Waals surface area contributed by atoms with Gasteiger partial charge in [-0.15, -0.1) is 0 Å². The van der Waals surface area contributed by atoms with Gasteiger partial charge in [0, 0.05) is 12.6 Å². The van der Waals surface area contributed by atoms with Crippen LogP contribution in [0.15, 0.2) is 0 Å². The second-order valence-corrected chi connectivity index (χ2v) is 6.09. The van der Waals surface area contributed by atoms with Crippen LogP contribution in [0.25, 0.3) is 0 Å². The average molecular weight is 250 g/mol. The summed E-state index contributed by atoms with van der Waals surface area (Å²) in [4.78, 5) is 10.5. The molecular formula is C9H18N2O4S. The highest BCUT2D eigenvalue weighted by Gasteiger charge is 2.27. The molecule has 0 aromatic heterocycles. The first-order chi connectivity index (χ1) is 7.43. The van der Waals surface area contributed by atoms with Crippen LogP contribution in [-0.2, 0) is 14.8 Å². The van der Waals surface area contributed by atoms with Crippen molar-refractivity contribution in [1.82, 2.24) is 10.0 Å². The van der Waals surface area contributed by atoms with Gasteiger partial charge in [-0.05, 0) is 32.7 Å². The molecule has 16 heavy (non-hydrogen) atoms. The van der Waals surface area contributed by atoms with Gasteiger partial charge >= 0.3 is 5.97 Å². The second kappa shape index (κ2) is 5.60. The van der Waals surface area contributed by atoms with Crippen molar-refractivity contribution in [1.29, 1.82) is 0 Å². The molecule has 0 saturated carbocycles. The number of hydrogen-bond donors (Lipinski definition) is 3. The van der Waals surface area contributed by atoms with Crippen molar-refractivity contribution in [3.63, 3.8) is 0 Å². The molecular weight excluding hydrogens is 232 g/mol. The topological polar surface area (TPSA) is 95.5 Å². The third kappa shape index (κ3) is 3.73. The molecule has 0 radical (unpaired) electrons. The predicted octanol–water partition coefficient (Wildman–Crippen LogP) is -0.479. The summed E-state index contributed by atoms with van der Waals surface area (Å²) in [7, 11) is -3.73. The zero-order valence-electron chi connectivity index (χ0n) is 9.27. The molecule has 0 aromatic carbocycles. The fraction of sp³-hybridized carbons (Fsp3) is 0.889. The SMILES string of the molecule is CC(C(=O)O)S(=O)(=O)NCCC1CCCN1. The number of hydrogen-bond acceptors (Lipinski definition) is 4. The van der Waals surface area contributed by atoms with Gasteiger partial charge in [-0.2, -0.15) is 0 Å². The van der Waals surface area contributed by atoms with E-state index in [9.17, 15) is 13.2 Å². The molecule has 7 heteroatoms. The first kappa shape index (κ1) is 13.4. The zero-order valence-corrected chi connectivity index (χ0v) is 10.1. The maximum Gasteiger partial charge on any atom is 0.323 e. The standard InChI is InChI=1S/C9H18N2O4S/c1-7(9(12)13)16(14,15)11-6-4-8-3-2-5-10-8/h7-8,10-11H,2-6H2,1H3,(H,12,13). The minimum absolute atomic E-state index is 0.289. The molecule has 6 nitrogen and oxygen atoms in total. The second-order valence-electron chi connectivity index (χ2n) is 4.00. The van der Waals surface area contributed by atoms with Crippen LogP contribution in [0.3, 0.4) is 0 Å². The molecule has 94 valence electrons. The lowest BCUT2D eigenvalue weighted by Gasteiger charge is -2.12. The van der Waals surface area contributed by atoms with E-state index in [-0.39, 0.29) is 6.54 Å². The molecule has 1 heterocycles. The molecule has 1 saturated heterocycles. The van der Waals surface area contributed by atoms with Gasteiger partial charge in [-0.3, -0.25) is 4.79 Å². The highest BCUT2D eigenvalue weighted by atomic mass is 32.2. The van der Waals surface area contributed by atoms with E-state index >= 15 is 0 Å². The van der Waals surface area contributed by atoms with Crippen LogP contribution in [0.4, 0.5) is 0 Å². The fourth-order valence-corrected chi connectivity index (χ4v) is 2.55. The monoisotopic (exact) mass is 250 g/mol. The van der Waals surface area contributed by atoms with Crippen LogP contribution in [0.1, 0.15) is 26.2 Å². The van der Waals surface area contributed by atoms with Crippen LogP contribution in [0.5, 0.6) is 0 Å². The Bertz CT molecular complexity index is 335. The fourth-order valence-electron chi connectivity index (χ4n) is 1.64. The Morgan fingerprint density at radius 1 is 1.62 bits per heavy atom. The normalized spacial score (nSPS) is 23.2. The van der Waals surface area contributed by atoms with Crippen LogP contribution in [0, 0.1) is 0 Å². The van der Waals surface area contributed by atoms with Crippen LogP contribution >= 0.6 is 0 Å². The van der Waals surface area contributed by atoms with Gasteiger partial charge in [-0.25, -0.2) is 13.1 Å². The Balaban J connectivity index is 2.33. The molecule has 2 unspecified atom stereocenters. The van der Waals surface area contributed by atoms with Crippen LogP contribution in [-0.4, -0.2) is 43.9 Å². The minimum Gasteiger partial charge on any atom is -0.480 e. The smallest absolute Gasteiger partial charge is 0.323 e. The molecule has 1 aliphatic heterocycles. The number of sulfonamides is 1. The van der Waals surface area contributed by atoms with E-state index < -0.39 is 21.2 Å². The van der Waals surface area contributed by atoms with Gasteiger partial charge in [0.25, 0.3) is 0 Å². The lowest BCUT2D eigenvalue weighted by Crippen LogP contribution is -2.39. The summed E-state index contributed by atoms with van der Waals surface area (Å²) in [6.07, 6.45) is 2.87. The minimum atomic E-state index is -3.73. The van der Waals surface area contributed by atoms with Crippen molar-refractivity contribution >= 4 is 16.0 Å². The van der Waals surface area contributed by atoms with Gasteiger partial charge < -0.3 is 10.4 Å². The van der Waals surface area contributed by atoms with Crippen molar-refractivity contribution < 1.29 is 18.3 Å². The summed E-state index contributed by atoms with van der Waals surface area (Å²) in [6, 6.07) is 0.350. The van der Waals surface area contributed by atoms with E-state index in [1.54, 1.807) is 0 Å². The summed E-state index contributed by atoms with van der Waals surface area (Å²) in [5.41, 5.74) is 0. The summed E-state index contributed by atoms with van der Waals surface area (Å²) in [6.45, 7) is 2.43. The molecule has 3 N–H and O–H groups in total. The summed E-state index contributed by atoms with van der Waals surface area (Å²) >= 11 is 0. The number of rotatable bonds is 6. The molecule has 1 aliphatic rings. The van der Waals surface area contributed by atoms with E-state index in [0.29, 0.717) is 12.5 Å². The van der Waals surface area contributed by atoms with Crippen molar-refractivity contribution in [3.8, 4) is 0 Å². The van der Waals surface area contributed by atoms with E-state index in [0.717, 1.165) is 19.4 Å². The number of aliphatic carboxylic acids is 1. The number of carboxylic acids is 1. The van der Waals surface area contributed by atoms with Crippen LogP contribution < -0.4 is 10.0 Å². The van der Waals surface area contributed by atoms with Gasteiger partial charge in [0.15, 0.2) is 5.25 Å². The van der Waals surface area contributed by atoms with Crippen molar-refractivity contribution in [2.45, 2.75) is 37.5 Å². The largest absolute Gasteiger partial charge is 0.480 e. The van der Waals surface area contributed by atoms with Gasteiger partial charge in [-0.1, -0.05) is 0 Å². The molecule has 1 rings (SSSR count). The quantitative estimate of drug-likeness (QED) is 0.592. The Labute approximate surface area is 95.5 Å². The summed E-state index contributed by atoms with van der Waals surface area (Å²) < 4.78 is 25.2. The molecule has 0 aliphatic carbocycles. The van der Waals surface area contributed by atoms with E-state index in [4.69, 9.17) is 5.11 Å². The molecule has 0 bridgehead atoms. The molecule has 0 amide bonds. The van der Waals surface area contributed by atoms with E-state index in [1.165, 1.54) is 6.92 Å². The predicted molar refractivity (Wildman–Crippen MR) is 59.7 cm³/mol. The molecule has 0 aromatic rings. The maximum atomic E-state index is 11.4. The van der Waals surface area contributed by atoms with Crippen molar-refractivity contribution in [2.24, 2.45) is 0 Å². The number of carboxylic acid groups (broad SMARTS) is 1. The van der Waals surface area contributed by atoms with E-state index in [1.807, 2.05) is 0 Å². The Morgan fingerprint density at radius 2 is 2.31 bits per heavy atom. The van der Waals surface area contributed by atoms with E-state index in [2.05, 4.69) is 10.0 Å². The first-order valence-electron chi connectivity index (χ1n) is 5.38. The van der Waals surface area contributed by atoms with Crippen molar-refractivity contribution in [2.75, 3.05) is 13.1 Å². The molecule has 2 atom stereocenters. The maximum absolute atomic E-state index is 11.4. The van der Waals surface area contributed by atoms with Gasteiger partial charge in [0.2, 0.25) is 10.0 Å². The lowest BCUT2D eigenvalue weighted by molar-refractivity contribution is -0.136. The summed E-state index contributed by atoms with van der Waals surface area (Å²) in [5.74, 6) is -1.33. The molecule has 1 fully saturated rings.